The van der Waals surface area contributed by atoms with Crippen LogP contribution in [0.15, 0.2) is 6.07 Å². The lowest BCUT2D eigenvalue weighted by atomic mass is 9.79. The van der Waals surface area contributed by atoms with Gasteiger partial charge in [-0.15, -0.1) is 0 Å². The summed E-state index contributed by atoms with van der Waals surface area (Å²) in [7, 11) is 0. The van der Waals surface area contributed by atoms with Crippen LogP contribution in [0.4, 0.5) is 5.69 Å². The fourth-order valence-corrected chi connectivity index (χ4v) is 3.27. The molecular weight excluding hydrogens is 268 g/mol. The van der Waals surface area contributed by atoms with Crippen molar-refractivity contribution in [2.75, 3.05) is 18.5 Å². The number of nitrogens with zero attached hydrogens (tertiary/aromatic N) is 1. The van der Waals surface area contributed by atoms with E-state index in [4.69, 9.17) is 0 Å². The average Bonchev–Trinajstić information content (AvgIpc) is 2.44. The van der Waals surface area contributed by atoms with E-state index in [-0.39, 0.29) is 12.2 Å². The number of hydrogen-bond acceptors (Lipinski definition) is 4. The number of aromatic nitrogens is 1. The first-order valence-corrected chi connectivity index (χ1v) is 7.59. The molecule has 0 radical (unpaired) electrons. The van der Waals surface area contributed by atoms with Gasteiger partial charge in [0.1, 0.15) is 5.56 Å². The number of carbonyl (C=O) groups is 1. The Morgan fingerprint density at radius 2 is 2.00 bits per heavy atom. The van der Waals surface area contributed by atoms with Crippen molar-refractivity contribution in [2.24, 2.45) is 11.8 Å². The highest BCUT2D eigenvalue weighted by Gasteiger charge is 2.25. The third-order valence-corrected chi connectivity index (χ3v) is 4.40. The molecule has 1 aromatic heterocycles. The molecule has 1 aliphatic rings. The average molecular weight is 292 g/mol. The minimum absolute atomic E-state index is 0.215. The zero-order chi connectivity index (χ0) is 15.4. The molecule has 1 heterocycles. The molecule has 0 aliphatic heterocycles. The fraction of sp³-hybridized carbons (Fsp3) is 0.625. The summed E-state index contributed by atoms with van der Waals surface area (Å²) >= 11 is 0. The van der Waals surface area contributed by atoms with E-state index in [1.54, 1.807) is 13.0 Å². The molecule has 5 nitrogen and oxygen atoms in total. The molecule has 1 fully saturated rings. The molecule has 0 saturated heterocycles. The number of rotatable bonds is 5. The van der Waals surface area contributed by atoms with Gasteiger partial charge in [0, 0.05) is 18.8 Å². The number of nitrogens with one attached hydrogen (secondary N) is 1. The van der Waals surface area contributed by atoms with Crippen LogP contribution >= 0.6 is 0 Å². The molecule has 1 aromatic rings. The standard InChI is InChI=1S/C16H24N2O3/c1-10-7-14(15(16(20)21)11(2)18-10)17-8-12-5-3-4-6-13(12)9-19/h7,12-13,19H,3-6,8-9H2,1-2H3,(H,17,18)(H,20,21). The molecule has 2 atom stereocenters. The first kappa shape index (κ1) is 15.8. The topological polar surface area (TPSA) is 82.5 Å². The van der Waals surface area contributed by atoms with E-state index in [1.807, 2.05) is 6.92 Å². The van der Waals surface area contributed by atoms with Gasteiger partial charge in [-0.3, -0.25) is 4.98 Å². The van der Waals surface area contributed by atoms with Gasteiger partial charge in [0.2, 0.25) is 0 Å². The lowest BCUT2D eigenvalue weighted by Gasteiger charge is -2.30. The molecule has 116 valence electrons. The highest BCUT2D eigenvalue weighted by atomic mass is 16.4. The van der Waals surface area contributed by atoms with E-state index < -0.39 is 5.97 Å². The Morgan fingerprint density at radius 1 is 1.33 bits per heavy atom. The quantitative estimate of drug-likeness (QED) is 0.777. The number of carboxylic acid groups (broad SMARTS) is 1. The summed E-state index contributed by atoms with van der Waals surface area (Å²) in [6, 6.07) is 1.78. The Balaban J connectivity index is 2.13. The number of hydrogen-bond donors (Lipinski definition) is 3. The normalized spacial score (nSPS) is 22.0. The van der Waals surface area contributed by atoms with Crippen molar-refractivity contribution < 1.29 is 15.0 Å². The Labute approximate surface area is 125 Å². The molecule has 0 spiro atoms. The van der Waals surface area contributed by atoms with Crippen LogP contribution in [0.5, 0.6) is 0 Å². The molecule has 2 unspecified atom stereocenters. The summed E-state index contributed by atoms with van der Waals surface area (Å²) < 4.78 is 0. The first-order valence-electron chi connectivity index (χ1n) is 7.59. The maximum Gasteiger partial charge on any atom is 0.339 e. The fourth-order valence-electron chi connectivity index (χ4n) is 3.27. The van der Waals surface area contributed by atoms with E-state index in [0.29, 0.717) is 29.8 Å². The Bertz CT molecular complexity index is 516. The van der Waals surface area contributed by atoms with E-state index >= 15 is 0 Å². The van der Waals surface area contributed by atoms with Crippen molar-refractivity contribution in [3.05, 3.63) is 23.0 Å². The smallest absolute Gasteiger partial charge is 0.339 e. The van der Waals surface area contributed by atoms with Crippen molar-refractivity contribution >= 4 is 11.7 Å². The lowest BCUT2D eigenvalue weighted by Crippen LogP contribution is -2.29. The molecule has 0 amide bonds. The van der Waals surface area contributed by atoms with Gasteiger partial charge >= 0.3 is 5.97 Å². The summed E-state index contributed by atoms with van der Waals surface area (Å²) in [5.41, 5.74) is 2.22. The second-order valence-electron chi connectivity index (χ2n) is 5.94. The third-order valence-electron chi connectivity index (χ3n) is 4.40. The van der Waals surface area contributed by atoms with Crippen molar-refractivity contribution in [3.8, 4) is 0 Å². The van der Waals surface area contributed by atoms with E-state index in [1.165, 1.54) is 12.8 Å². The van der Waals surface area contributed by atoms with Gasteiger partial charge in [-0.1, -0.05) is 12.8 Å². The minimum atomic E-state index is -0.954. The van der Waals surface area contributed by atoms with E-state index in [2.05, 4.69) is 10.3 Å². The van der Waals surface area contributed by atoms with Crippen LogP contribution in [-0.2, 0) is 0 Å². The van der Waals surface area contributed by atoms with Gasteiger partial charge in [-0.2, -0.15) is 0 Å². The van der Waals surface area contributed by atoms with E-state index in [9.17, 15) is 15.0 Å². The molecule has 2 rings (SSSR count). The van der Waals surface area contributed by atoms with Crippen LogP contribution < -0.4 is 5.32 Å². The van der Waals surface area contributed by atoms with Crippen LogP contribution in [0.3, 0.4) is 0 Å². The molecular formula is C16H24N2O3. The summed E-state index contributed by atoms with van der Waals surface area (Å²) in [5.74, 6) is -0.229. The summed E-state index contributed by atoms with van der Waals surface area (Å²) in [6.07, 6.45) is 4.51. The van der Waals surface area contributed by atoms with Gasteiger partial charge in [0.05, 0.1) is 11.4 Å². The van der Waals surface area contributed by atoms with Gasteiger partial charge in [-0.25, -0.2) is 4.79 Å². The van der Waals surface area contributed by atoms with Crippen molar-refractivity contribution in [1.29, 1.82) is 0 Å². The van der Waals surface area contributed by atoms with E-state index in [0.717, 1.165) is 18.5 Å². The number of aliphatic hydroxyl groups is 1. The monoisotopic (exact) mass is 292 g/mol. The highest BCUT2D eigenvalue weighted by Crippen LogP contribution is 2.30. The number of pyridine rings is 1. The Hall–Kier alpha value is -1.62. The third kappa shape index (κ3) is 3.73. The number of aliphatic hydroxyl groups excluding tert-OH is 1. The maximum atomic E-state index is 11.4. The highest BCUT2D eigenvalue weighted by molar-refractivity contribution is 5.95. The number of aromatic carboxylic acids is 1. The molecule has 1 saturated carbocycles. The van der Waals surface area contributed by atoms with Crippen molar-refractivity contribution in [2.45, 2.75) is 39.5 Å². The molecule has 3 N–H and O–H groups in total. The van der Waals surface area contributed by atoms with Crippen LogP contribution in [0.2, 0.25) is 0 Å². The molecule has 0 aromatic carbocycles. The first-order chi connectivity index (χ1) is 10.0. The SMILES string of the molecule is Cc1cc(NCC2CCCCC2CO)c(C(=O)O)c(C)n1. The second-order valence-corrected chi connectivity index (χ2v) is 5.94. The van der Waals surface area contributed by atoms with Crippen LogP contribution in [-0.4, -0.2) is 34.3 Å². The zero-order valence-corrected chi connectivity index (χ0v) is 12.7. The van der Waals surface area contributed by atoms with Gasteiger partial charge in [0.25, 0.3) is 0 Å². The molecule has 5 heteroatoms. The van der Waals surface area contributed by atoms with Crippen LogP contribution in [0.1, 0.15) is 47.4 Å². The number of aryl methyl sites for hydroxylation is 2. The summed E-state index contributed by atoms with van der Waals surface area (Å²) in [5, 5.41) is 22.1. The largest absolute Gasteiger partial charge is 0.478 e. The van der Waals surface area contributed by atoms with Crippen LogP contribution in [0.25, 0.3) is 0 Å². The number of anilines is 1. The molecule has 0 bridgehead atoms. The summed E-state index contributed by atoms with van der Waals surface area (Å²) in [4.78, 5) is 15.6. The maximum absolute atomic E-state index is 11.4. The predicted octanol–water partition coefficient (Wildman–Crippen LogP) is 2.61. The van der Waals surface area contributed by atoms with Crippen LogP contribution in [0, 0.1) is 25.7 Å². The minimum Gasteiger partial charge on any atom is -0.478 e. The van der Waals surface area contributed by atoms with Gasteiger partial charge in [-0.05, 0) is 44.6 Å². The second kappa shape index (κ2) is 6.89. The molecule has 21 heavy (non-hydrogen) atoms. The predicted molar refractivity (Wildman–Crippen MR) is 81.7 cm³/mol. The van der Waals surface area contributed by atoms with Crippen molar-refractivity contribution in [1.82, 2.24) is 4.98 Å². The zero-order valence-electron chi connectivity index (χ0n) is 12.7. The van der Waals surface area contributed by atoms with Gasteiger partial charge < -0.3 is 15.5 Å². The summed E-state index contributed by atoms with van der Waals surface area (Å²) in [6.45, 7) is 4.50. The lowest BCUT2D eigenvalue weighted by molar-refractivity contribution is 0.0696. The Morgan fingerprint density at radius 3 is 2.62 bits per heavy atom. The molecule has 1 aliphatic carbocycles. The Kier molecular flexibility index (Phi) is 5.17. The van der Waals surface area contributed by atoms with Gasteiger partial charge in [0.15, 0.2) is 0 Å². The van der Waals surface area contributed by atoms with Crippen molar-refractivity contribution in [3.63, 3.8) is 0 Å². The number of carboxylic acids is 1.